The van der Waals surface area contributed by atoms with Gasteiger partial charge in [0.15, 0.2) is 0 Å². The number of thioether (sulfide) groups is 2. The van der Waals surface area contributed by atoms with E-state index in [1.165, 1.54) is 23.8 Å². The monoisotopic (exact) mass is 462 g/mol. The lowest BCUT2D eigenvalue weighted by atomic mass is 10.2. The summed E-state index contributed by atoms with van der Waals surface area (Å²) in [5.74, 6) is 0. The van der Waals surface area contributed by atoms with Gasteiger partial charge in [0.1, 0.15) is 27.9 Å². The first kappa shape index (κ1) is 20.5. The Bertz CT molecular complexity index is 689. The van der Waals surface area contributed by atoms with Crippen molar-refractivity contribution in [1.29, 1.82) is 0 Å². The summed E-state index contributed by atoms with van der Waals surface area (Å²) >= 11 is 7.73. The lowest BCUT2D eigenvalue weighted by Crippen LogP contribution is -2.31. The molecule has 0 radical (unpaired) electrons. The van der Waals surface area contributed by atoms with Gasteiger partial charge >= 0.3 is 6.09 Å². The van der Waals surface area contributed by atoms with Gasteiger partial charge in [-0.05, 0) is 51.3 Å². The van der Waals surface area contributed by atoms with Crippen LogP contribution in [-0.4, -0.2) is 28.2 Å². The molecule has 1 aromatic rings. The smallest absolute Gasteiger partial charge is 0.412 e. The Morgan fingerprint density at radius 3 is 2.80 bits per heavy atom. The van der Waals surface area contributed by atoms with Crippen LogP contribution in [0.3, 0.4) is 0 Å². The van der Waals surface area contributed by atoms with Crippen molar-refractivity contribution < 1.29 is 13.8 Å². The molecule has 1 amide bonds. The normalized spacial score (nSPS) is 18.8. The number of rotatable bonds is 5. The van der Waals surface area contributed by atoms with Crippen molar-refractivity contribution in [2.24, 2.45) is 5.16 Å². The number of carbonyl (C=O) groups is 1. The van der Waals surface area contributed by atoms with Crippen molar-refractivity contribution in [2.75, 3.05) is 6.26 Å². The van der Waals surface area contributed by atoms with Gasteiger partial charge in [0.2, 0.25) is 0 Å². The van der Waals surface area contributed by atoms with Crippen molar-refractivity contribution in [3.63, 3.8) is 0 Å². The predicted molar refractivity (Wildman–Crippen MR) is 111 cm³/mol. The van der Waals surface area contributed by atoms with Crippen molar-refractivity contribution in [2.45, 2.75) is 35.8 Å². The van der Waals surface area contributed by atoms with Crippen LogP contribution in [0.15, 0.2) is 49.9 Å². The summed E-state index contributed by atoms with van der Waals surface area (Å²) in [4.78, 5) is 12.8. The number of ether oxygens (including phenoxy) is 1. The first-order valence-corrected chi connectivity index (χ1v) is 11.1. The highest BCUT2D eigenvalue weighted by atomic mass is 79.9. The second kappa shape index (κ2) is 9.25. The molecule has 0 aliphatic carbocycles. The third-order valence-electron chi connectivity index (χ3n) is 2.66. The molecule has 136 valence electrons. The molecule has 1 aliphatic heterocycles. The minimum atomic E-state index is -0.534. The molecule has 1 aliphatic rings. The van der Waals surface area contributed by atoms with Gasteiger partial charge in [-0.15, -0.1) is 11.8 Å². The van der Waals surface area contributed by atoms with Gasteiger partial charge in [0.25, 0.3) is 0 Å². The van der Waals surface area contributed by atoms with E-state index in [0.29, 0.717) is 5.03 Å². The van der Waals surface area contributed by atoms with Crippen molar-refractivity contribution in [3.8, 4) is 0 Å². The molecule has 1 aromatic carbocycles. The summed E-state index contributed by atoms with van der Waals surface area (Å²) in [6, 6.07) is 7.77. The van der Waals surface area contributed by atoms with Crippen LogP contribution in [-0.2, 0) is 9.02 Å². The molecule has 1 heterocycles. The van der Waals surface area contributed by atoms with Crippen molar-refractivity contribution in [1.82, 2.24) is 5.32 Å². The lowest BCUT2D eigenvalue weighted by Gasteiger charge is -2.19. The minimum absolute atomic E-state index is 0.0630. The molecular weight excluding hydrogens is 444 g/mol. The van der Waals surface area contributed by atoms with Crippen molar-refractivity contribution in [3.05, 3.63) is 39.8 Å². The Morgan fingerprint density at radius 1 is 1.40 bits per heavy atom. The van der Waals surface area contributed by atoms with E-state index < -0.39 is 11.7 Å². The number of benzene rings is 1. The van der Waals surface area contributed by atoms with E-state index in [1.54, 1.807) is 17.8 Å². The number of nitrogens with zero attached hydrogens (tertiary/aromatic N) is 1. The molecule has 0 spiro atoms. The van der Waals surface area contributed by atoms with Crippen LogP contribution in [0, 0.1) is 0 Å². The molecule has 5 nitrogen and oxygen atoms in total. The topological polar surface area (TPSA) is 59.9 Å². The highest BCUT2D eigenvalue weighted by Crippen LogP contribution is 2.36. The Kier molecular flexibility index (Phi) is 7.60. The second-order valence-electron chi connectivity index (χ2n) is 5.95. The summed E-state index contributed by atoms with van der Waals surface area (Å²) in [7, 11) is 0. The summed E-state index contributed by atoms with van der Waals surface area (Å²) < 4.78 is 11.7. The number of alkyl carbamates (subject to hydrolysis) is 1. The number of carbonyl (C=O) groups excluding carboxylic acids is 1. The SMILES string of the molecule is CSC1SC(NC(=O)OC(C)(C)C)=CC1=NOSc1cccc(Br)c1. The Balaban J connectivity index is 1.96. The van der Waals surface area contributed by atoms with Crippen LogP contribution in [0.4, 0.5) is 4.79 Å². The number of nitrogens with one attached hydrogen (secondary N) is 1. The molecule has 0 saturated carbocycles. The summed E-state index contributed by atoms with van der Waals surface area (Å²) in [5.41, 5.74) is 0.221. The number of hydrogen-bond acceptors (Lipinski definition) is 7. The first-order valence-electron chi connectivity index (χ1n) is 7.35. The molecular formula is C16H19BrN2O3S3. The number of allylic oxidation sites excluding steroid dienone is 1. The fraction of sp³-hybridized carbons (Fsp3) is 0.375. The molecule has 0 bridgehead atoms. The standard InChI is InChI=1S/C16H19BrN2O3S3/c1-16(2,3)21-15(20)18-13-9-12(14(23-4)24-13)19-22-25-11-7-5-6-10(17)8-11/h5-9,14H,1-4H3,(H,18,20). The van der Waals surface area contributed by atoms with Gasteiger partial charge in [-0.2, -0.15) is 0 Å². The van der Waals surface area contributed by atoms with Gasteiger partial charge in [0.05, 0.1) is 9.92 Å². The van der Waals surface area contributed by atoms with Crippen LogP contribution >= 0.6 is 51.5 Å². The van der Waals surface area contributed by atoms with Crippen LogP contribution < -0.4 is 5.32 Å². The minimum Gasteiger partial charge on any atom is -0.444 e. The molecule has 0 aromatic heterocycles. The van der Waals surface area contributed by atoms with E-state index in [1.807, 2.05) is 51.3 Å². The predicted octanol–water partition coefficient (Wildman–Crippen LogP) is 5.63. The van der Waals surface area contributed by atoms with E-state index >= 15 is 0 Å². The Morgan fingerprint density at radius 2 is 2.16 bits per heavy atom. The van der Waals surface area contributed by atoms with Crippen LogP contribution in [0.25, 0.3) is 0 Å². The molecule has 2 rings (SSSR count). The van der Waals surface area contributed by atoms with Gasteiger partial charge in [-0.25, -0.2) is 4.79 Å². The van der Waals surface area contributed by atoms with Gasteiger partial charge in [0, 0.05) is 4.47 Å². The molecule has 1 N–H and O–H groups in total. The number of halogens is 1. The van der Waals surface area contributed by atoms with Gasteiger partial charge < -0.3 is 9.02 Å². The largest absolute Gasteiger partial charge is 0.444 e. The fourth-order valence-electron chi connectivity index (χ4n) is 1.74. The molecule has 1 atom stereocenters. The molecule has 0 saturated heterocycles. The third kappa shape index (κ3) is 7.16. The molecule has 9 heteroatoms. The van der Waals surface area contributed by atoms with Crippen LogP contribution in [0.5, 0.6) is 0 Å². The molecule has 1 unspecified atom stereocenters. The molecule has 25 heavy (non-hydrogen) atoms. The average molecular weight is 463 g/mol. The number of oxime groups is 1. The summed E-state index contributed by atoms with van der Waals surface area (Å²) in [6.07, 6.45) is 3.31. The van der Waals surface area contributed by atoms with E-state index in [4.69, 9.17) is 9.02 Å². The van der Waals surface area contributed by atoms with Gasteiger partial charge in [-0.3, -0.25) is 5.32 Å². The quantitative estimate of drug-likeness (QED) is 0.451. The Hall–Kier alpha value is -0.770. The fourth-order valence-corrected chi connectivity index (χ4v) is 4.65. The zero-order valence-corrected chi connectivity index (χ0v) is 18.3. The van der Waals surface area contributed by atoms with E-state index in [-0.39, 0.29) is 4.58 Å². The number of hydrogen-bond donors (Lipinski definition) is 1. The van der Waals surface area contributed by atoms with E-state index in [2.05, 4.69) is 26.4 Å². The maximum atomic E-state index is 11.9. The Labute approximate surface area is 169 Å². The lowest BCUT2D eigenvalue weighted by molar-refractivity contribution is 0.0550. The van der Waals surface area contributed by atoms with Crippen molar-refractivity contribution >= 4 is 63.3 Å². The van der Waals surface area contributed by atoms with E-state index in [9.17, 15) is 4.79 Å². The zero-order chi connectivity index (χ0) is 18.4. The average Bonchev–Trinajstić information content (AvgIpc) is 2.87. The first-order chi connectivity index (χ1) is 11.8. The van der Waals surface area contributed by atoms with E-state index in [0.717, 1.165) is 15.1 Å². The highest BCUT2D eigenvalue weighted by Gasteiger charge is 2.27. The maximum absolute atomic E-state index is 11.9. The van der Waals surface area contributed by atoms with Gasteiger partial charge in [-0.1, -0.05) is 38.9 Å². The number of amides is 1. The summed E-state index contributed by atoms with van der Waals surface area (Å²) in [6.45, 7) is 5.48. The molecule has 0 fully saturated rings. The maximum Gasteiger partial charge on any atom is 0.412 e. The third-order valence-corrected chi connectivity index (χ3v) is 6.22. The second-order valence-corrected chi connectivity index (χ2v) is 10.0. The highest BCUT2D eigenvalue weighted by molar-refractivity contribution is 9.10. The summed E-state index contributed by atoms with van der Waals surface area (Å²) in [5, 5.41) is 7.63. The zero-order valence-electron chi connectivity index (χ0n) is 14.2. The van der Waals surface area contributed by atoms with Crippen LogP contribution in [0.1, 0.15) is 20.8 Å². The van der Waals surface area contributed by atoms with Crippen LogP contribution in [0.2, 0.25) is 0 Å².